The summed E-state index contributed by atoms with van der Waals surface area (Å²) < 4.78 is 0.515. The molecule has 0 nitrogen and oxygen atoms in total. The maximum absolute atomic E-state index is 2.63. The third-order valence-electron chi connectivity index (χ3n) is 4.65. The molecule has 0 aliphatic heterocycles. The Labute approximate surface area is 145 Å². The van der Waals surface area contributed by atoms with Gasteiger partial charge in [0.1, 0.15) is 0 Å². The van der Waals surface area contributed by atoms with Gasteiger partial charge in [-0.15, -0.1) is 0 Å². The molecule has 1 aliphatic carbocycles. The van der Waals surface area contributed by atoms with Crippen molar-refractivity contribution in [2.24, 2.45) is 0 Å². The van der Waals surface area contributed by atoms with Gasteiger partial charge in [0, 0.05) is 15.8 Å². The molecule has 0 bridgehead atoms. The van der Waals surface area contributed by atoms with Crippen LogP contribution in [-0.4, -0.2) is 0 Å². The Kier molecular flexibility index (Phi) is 3.75. The fourth-order valence-electron chi connectivity index (χ4n) is 3.69. The lowest BCUT2D eigenvalue weighted by molar-refractivity contribution is 0.659. The lowest BCUT2D eigenvalue weighted by Gasteiger charge is -2.24. The minimum Gasteiger partial charge on any atom is -0.0767 e. The molecular weight excluding hydrogens is 379 g/mol. The maximum atomic E-state index is 2.63. The second kappa shape index (κ2) is 5.88. The van der Waals surface area contributed by atoms with E-state index in [4.69, 9.17) is 0 Å². The molecule has 1 aliphatic rings. The van der Waals surface area contributed by atoms with Crippen LogP contribution in [0.4, 0.5) is 0 Å². The summed E-state index contributed by atoms with van der Waals surface area (Å²) in [6, 6.07) is 30.9. The van der Waals surface area contributed by atoms with Gasteiger partial charge < -0.3 is 0 Å². The zero-order valence-corrected chi connectivity index (χ0v) is 14.4. The van der Waals surface area contributed by atoms with E-state index < -0.39 is 0 Å². The SMILES string of the molecule is IC1c2ccccc2C(c2ccccc2)C1c1ccccc1. The normalized spacial score (nSPS) is 23.2. The van der Waals surface area contributed by atoms with Gasteiger partial charge in [0.05, 0.1) is 0 Å². The summed E-state index contributed by atoms with van der Waals surface area (Å²) in [6.07, 6.45) is 0. The largest absolute Gasteiger partial charge is 0.0767 e. The lowest BCUT2D eigenvalue weighted by Crippen LogP contribution is -2.09. The quantitative estimate of drug-likeness (QED) is 0.363. The molecule has 3 aromatic rings. The number of hydrogen-bond donors (Lipinski definition) is 0. The van der Waals surface area contributed by atoms with E-state index in [1.807, 2.05) is 0 Å². The predicted molar refractivity (Wildman–Crippen MR) is 101 cm³/mol. The highest BCUT2D eigenvalue weighted by molar-refractivity contribution is 14.1. The zero-order valence-electron chi connectivity index (χ0n) is 12.2. The number of hydrogen-bond acceptors (Lipinski definition) is 0. The second-order valence-electron chi connectivity index (χ2n) is 5.86. The molecule has 3 aromatic carbocycles. The average molecular weight is 396 g/mol. The van der Waals surface area contributed by atoms with Crippen molar-refractivity contribution in [3.8, 4) is 0 Å². The van der Waals surface area contributed by atoms with Crippen molar-refractivity contribution < 1.29 is 0 Å². The van der Waals surface area contributed by atoms with Gasteiger partial charge in [0.2, 0.25) is 0 Å². The van der Waals surface area contributed by atoms with Crippen molar-refractivity contribution in [3.63, 3.8) is 0 Å². The molecule has 0 amide bonds. The van der Waals surface area contributed by atoms with Crippen LogP contribution in [0.25, 0.3) is 0 Å². The molecule has 22 heavy (non-hydrogen) atoms. The van der Waals surface area contributed by atoms with E-state index >= 15 is 0 Å². The smallest absolute Gasteiger partial charge is 0.0440 e. The fourth-order valence-corrected chi connectivity index (χ4v) is 5.08. The van der Waals surface area contributed by atoms with Gasteiger partial charge in [-0.3, -0.25) is 0 Å². The molecule has 0 N–H and O–H groups in total. The van der Waals surface area contributed by atoms with E-state index in [2.05, 4.69) is 108 Å². The Morgan fingerprint density at radius 3 is 1.68 bits per heavy atom. The molecule has 1 heteroatoms. The van der Waals surface area contributed by atoms with Gasteiger partial charge in [0.15, 0.2) is 0 Å². The highest BCUT2D eigenvalue weighted by Gasteiger charge is 2.40. The van der Waals surface area contributed by atoms with Crippen molar-refractivity contribution in [3.05, 3.63) is 107 Å². The molecule has 0 saturated carbocycles. The molecule has 0 radical (unpaired) electrons. The van der Waals surface area contributed by atoms with E-state index in [-0.39, 0.29) is 0 Å². The van der Waals surface area contributed by atoms with E-state index in [1.165, 1.54) is 22.3 Å². The first kappa shape index (κ1) is 14.0. The van der Waals surface area contributed by atoms with Crippen LogP contribution in [0.15, 0.2) is 84.9 Å². The van der Waals surface area contributed by atoms with Gasteiger partial charge in [0.25, 0.3) is 0 Å². The first-order valence-electron chi connectivity index (χ1n) is 7.69. The van der Waals surface area contributed by atoms with Crippen LogP contribution in [0.5, 0.6) is 0 Å². The van der Waals surface area contributed by atoms with Gasteiger partial charge in [-0.25, -0.2) is 0 Å². The summed E-state index contributed by atoms with van der Waals surface area (Å²) in [5, 5.41) is 0. The molecule has 3 unspecified atom stereocenters. The molecule has 0 aromatic heterocycles. The molecular formula is C21H17I. The molecule has 3 atom stereocenters. The van der Waals surface area contributed by atoms with Crippen molar-refractivity contribution >= 4 is 22.6 Å². The van der Waals surface area contributed by atoms with Gasteiger partial charge >= 0.3 is 0 Å². The van der Waals surface area contributed by atoms with Crippen LogP contribution in [0.2, 0.25) is 0 Å². The first-order chi connectivity index (χ1) is 10.9. The molecule has 108 valence electrons. The summed E-state index contributed by atoms with van der Waals surface area (Å²) in [6.45, 7) is 0. The summed E-state index contributed by atoms with van der Waals surface area (Å²) in [5.74, 6) is 0.948. The lowest BCUT2D eigenvalue weighted by atomic mass is 9.82. The Morgan fingerprint density at radius 1 is 0.545 bits per heavy atom. The Morgan fingerprint density at radius 2 is 1.05 bits per heavy atom. The minimum atomic E-state index is 0.446. The minimum absolute atomic E-state index is 0.446. The topological polar surface area (TPSA) is 0 Å². The number of fused-ring (bicyclic) bond motifs is 1. The number of rotatable bonds is 2. The Balaban J connectivity index is 1.90. The summed E-state index contributed by atoms with van der Waals surface area (Å²) in [5.41, 5.74) is 5.84. The average Bonchev–Trinajstić information content (AvgIpc) is 2.90. The van der Waals surface area contributed by atoms with Gasteiger partial charge in [-0.1, -0.05) is 108 Å². The van der Waals surface area contributed by atoms with Crippen molar-refractivity contribution in [2.75, 3.05) is 0 Å². The third-order valence-corrected chi connectivity index (χ3v) is 6.09. The Hall–Kier alpha value is -1.61. The number of alkyl halides is 1. The highest BCUT2D eigenvalue weighted by atomic mass is 127. The number of halogens is 1. The monoisotopic (exact) mass is 396 g/mol. The van der Waals surface area contributed by atoms with E-state index in [0.29, 0.717) is 15.8 Å². The van der Waals surface area contributed by atoms with E-state index in [1.54, 1.807) is 0 Å². The standard InChI is InChI=1S/C21H17I/c22-21-18-14-8-7-13-17(18)19(15-9-3-1-4-10-15)20(21)16-11-5-2-6-12-16/h1-14,19-21H. The predicted octanol–water partition coefficient (Wildman–Crippen LogP) is 6.09. The van der Waals surface area contributed by atoms with Crippen LogP contribution < -0.4 is 0 Å². The van der Waals surface area contributed by atoms with Gasteiger partial charge in [-0.2, -0.15) is 0 Å². The van der Waals surface area contributed by atoms with Crippen LogP contribution >= 0.6 is 22.6 Å². The molecule has 0 heterocycles. The van der Waals surface area contributed by atoms with Crippen LogP contribution in [-0.2, 0) is 0 Å². The van der Waals surface area contributed by atoms with E-state index in [0.717, 1.165) is 0 Å². The van der Waals surface area contributed by atoms with Crippen molar-refractivity contribution in [1.82, 2.24) is 0 Å². The molecule has 0 fully saturated rings. The Bertz CT molecular complexity index is 764. The molecule has 4 rings (SSSR count). The summed E-state index contributed by atoms with van der Waals surface area (Å²) in [4.78, 5) is 0. The van der Waals surface area contributed by atoms with Crippen LogP contribution in [0.3, 0.4) is 0 Å². The maximum Gasteiger partial charge on any atom is 0.0440 e. The molecule has 0 saturated heterocycles. The van der Waals surface area contributed by atoms with Crippen molar-refractivity contribution in [2.45, 2.75) is 15.8 Å². The zero-order chi connectivity index (χ0) is 14.9. The van der Waals surface area contributed by atoms with Gasteiger partial charge in [-0.05, 0) is 22.3 Å². The van der Waals surface area contributed by atoms with Crippen LogP contribution in [0, 0.1) is 0 Å². The summed E-state index contributed by atoms with van der Waals surface area (Å²) in [7, 11) is 0. The first-order valence-corrected chi connectivity index (χ1v) is 8.93. The van der Waals surface area contributed by atoms with Crippen LogP contribution in [0.1, 0.15) is 38.0 Å². The number of benzene rings is 3. The highest BCUT2D eigenvalue weighted by Crippen LogP contribution is 2.57. The van der Waals surface area contributed by atoms with E-state index in [9.17, 15) is 0 Å². The summed E-state index contributed by atoms with van der Waals surface area (Å²) >= 11 is 2.63. The second-order valence-corrected chi connectivity index (χ2v) is 7.20. The third kappa shape index (κ3) is 2.28. The van der Waals surface area contributed by atoms with Crippen molar-refractivity contribution in [1.29, 1.82) is 0 Å². The fraction of sp³-hybridized carbons (Fsp3) is 0.143. The molecule has 0 spiro atoms.